The molecule has 8 nitrogen and oxygen atoms in total. The predicted octanol–water partition coefficient (Wildman–Crippen LogP) is 2.32. The molecule has 0 unspecified atom stereocenters. The van der Waals surface area contributed by atoms with E-state index in [9.17, 15) is 22.8 Å². The molecule has 0 aliphatic heterocycles. The number of rotatable bonds is 7. The van der Waals surface area contributed by atoms with Gasteiger partial charge >= 0.3 is 5.97 Å². The molecule has 0 fully saturated rings. The van der Waals surface area contributed by atoms with Crippen LogP contribution >= 0.6 is 0 Å². The van der Waals surface area contributed by atoms with Crippen LogP contribution in [0.1, 0.15) is 34.6 Å². The lowest BCUT2D eigenvalue weighted by atomic mass is 10.2. The zero-order chi connectivity index (χ0) is 21.8. The average Bonchev–Trinajstić information content (AvgIpc) is 2.67. The first kappa shape index (κ1) is 22.1. The first-order valence-corrected chi connectivity index (χ1v) is 10.2. The Morgan fingerprint density at radius 3 is 1.93 bits per heavy atom. The molecule has 0 saturated carbocycles. The van der Waals surface area contributed by atoms with E-state index in [0.29, 0.717) is 5.56 Å². The summed E-state index contributed by atoms with van der Waals surface area (Å²) in [6.07, 6.45) is -0.936. The normalized spacial score (nSPS) is 12.0. The Morgan fingerprint density at radius 1 is 0.931 bits per heavy atom. The van der Waals surface area contributed by atoms with E-state index >= 15 is 0 Å². The SMILES string of the molecule is CC(=O)c1ccc(S(=O)(=O)Nc2ccc(C(=O)O[C@@H](C)C(=O)N(C)C)cc2)cc1. The van der Waals surface area contributed by atoms with Crippen LogP contribution in [0.3, 0.4) is 0 Å². The molecule has 0 bridgehead atoms. The van der Waals surface area contributed by atoms with Crippen molar-refractivity contribution < 1.29 is 27.5 Å². The van der Waals surface area contributed by atoms with Crippen LogP contribution in [0.2, 0.25) is 0 Å². The summed E-state index contributed by atoms with van der Waals surface area (Å²) in [5.74, 6) is -1.20. The first-order valence-electron chi connectivity index (χ1n) is 8.67. The van der Waals surface area contributed by atoms with Gasteiger partial charge in [-0.05, 0) is 50.2 Å². The number of amides is 1. The predicted molar refractivity (Wildman–Crippen MR) is 107 cm³/mol. The van der Waals surface area contributed by atoms with Crippen molar-refractivity contribution in [2.45, 2.75) is 24.8 Å². The molecule has 0 saturated heterocycles. The van der Waals surface area contributed by atoms with Gasteiger partial charge in [0, 0.05) is 25.3 Å². The number of sulfonamides is 1. The van der Waals surface area contributed by atoms with Crippen molar-refractivity contribution in [1.82, 2.24) is 4.90 Å². The number of anilines is 1. The molecule has 2 rings (SSSR count). The van der Waals surface area contributed by atoms with Crippen molar-refractivity contribution in [1.29, 1.82) is 0 Å². The minimum absolute atomic E-state index is 0.00186. The summed E-state index contributed by atoms with van der Waals surface area (Å²) in [4.78, 5) is 36.5. The van der Waals surface area contributed by atoms with Crippen molar-refractivity contribution in [3.8, 4) is 0 Å². The summed E-state index contributed by atoms with van der Waals surface area (Å²) in [6.45, 7) is 2.87. The van der Waals surface area contributed by atoms with Gasteiger partial charge in [-0.15, -0.1) is 0 Å². The maximum Gasteiger partial charge on any atom is 0.338 e. The van der Waals surface area contributed by atoms with Crippen LogP contribution in [0, 0.1) is 0 Å². The van der Waals surface area contributed by atoms with E-state index in [4.69, 9.17) is 4.74 Å². The molecular formula is C20H22N2O6S. The minimum Gasteiger partial charge on any atom is -0.449 e. The Kier molecular flexibility index (Phi) is 6.76. The Balaban J connectivity index is 2.08. The fourth-order valence-electron chi connectivity index (χ4n) is 2.40. The van der Waals surface area contributed by atoms with Crippen LogP contribution in [0.15, 0.2) is 53.4 Å². The van der Waals surface area contributed by atoms with E-state index in [1.54, 1.807) is 14.1 Å². The number of carbonyl (C=O) groups is 3. The molecule has 9 heteroatoms. The Bertz CT molecular complexity index is 1010. The zero-order valence-corrected chi connectivity index (χ0v) is 17.3. The quantitative estimate of drug-likeness (QED) is 0.546. The number of ether oxygens (including phenoxy) is 1. The molecule has 0 heterocycles. The smallest absolute Gasteiger partial charge is 0.338 e. The van der Waals surface area contributed by atoms with Gasteiger partial charge < -0.3 is 9.64 Å². The highest BCUT2D eigenvalue weighted by molar-refractivity contribution is 7.92. The molecule has 29 heavy (non-hydrogen) atoms. The van der Waals surface area contributed by atoms with E-state index in [0.717, 1.165) is 0 Å². The largest absolute Gasteiger partial charge is 0.449 e. The third kappa shape index (κ3) is 5.64. The molecule has 154 valence electrons. The van der Waals surface area contributed by atoms with Crippen molar-refractivity contribution in [3.63, 3.8) is 0 Å². The maximum absolute atomic E-state index is 12.5. The van der Waals surface area contributed by atoms with Gasteiger partial charge in [-0.2, -0.15) is 0 Å². The standard InChI is InChI=1S/C20H22N2O6S/c1-13(23)15-7-11-18(12-8-15)29(26,27)21-17-9-5-16(6-10-17)20(25)28-14(2)19(24)22(3)4/h5-12,14,21H,1-4H3/t14-/m0/s1. The summed E-state index contributed by atoms with van der Waals surface area (Å²) in [7, 11) is -0.743. The van der Waals surface area contributed by atoms with Gasteiger partial charge in [0.15, 0.2) is 11.9 Å². The van der Waals surface area contributed by atoms with Crippen LogP contribution < -0.4 is 4.72 Å². The van der Waals surface area contributed by atoms with E-state index in [1.807, 2.05) is 0 Å². The lowest BCUT2D eigenvalue weighted by Gasteiger charge is -2.17. The highest BCUT2D eigenvalue weighted by Crippen LogP contribution is 2.18. The number of nitrogens with one attached hydrogen (secondary N) is 1. The van der Waals surface area contributed by atoms with Gasteiger partial charge in [0.2, 0.25) is 0 Å². The van der Waals surface area contributed by atoms with Crippen molar-refractivity contribution >= 4 is 33.4 Å². The van der Waals surface area contributed by atoms with Crippen molar-refractivity contribution in [2.75, 3.05) is 18.8 Å². The van der Waals surface area contributed by atoms with Gasteiger partial charge in [0.25, 0.3) is 15.9 Å². The number of hydrogen-bond acceptors (Lipinski definition) is 6. The zero-order valence-electron chi connectivity index (χ0n) is 16.5. The molecule has 0 spiro atoms. The number of ketones is 1. The summed E-state index contributed by atoms with van der Waals surface area (Å²) < 4.78 is 32.4. The monoisotopic (exact) mass is 418 g/mol. The second-order valence-corrected chi connectivity index (χ2v) is 8.23. The van der Waals surface area contributed by atoms with Crippen molar-refractivity contribution in [3.05, 3.63) is 59.7 Å². The minimum atomic E-state index is -3.86. The second kappa shape index (κ2) is 8.87. The van der Waals surface area contributed by atoms with Crippen LogP contribution in [-0.2, 0) is 19.6 Å². The number of likely N-dealkylation sites (N-methyl/N-ethyl adjacent to an activating group) is 1. The molecule has 0 aliphatic rings. The van der Waals surface area contributed by atoms with Crippen LogP contribution in [-0.4, -0.2) is 51.2 Å². The summed E-state index contributed by atoms with van der Waals surface area (Å²) in [6, 6.07) is 11.2. The van der Waals surface area contributed by atoms with Gasteiger partial charge in [0.1, 0.15) is 0 Å². The third-order valence-corrected chi connectivity index (χ3v) is 5.41. The van der Waals surface area contributed by atoms with Crippen molar-refractivity contribution in [2.24, 2.45) is 0 Å². The van der Waals surface area contributed by atoms with Gasteiger partial charge in [-0.3, -0.25) is 14.3 Å². The summed E-state index contributed by atoms with van der Waals surface area (Å²) in [5.41, 5.74) is 0.834. The van der Waals surface area contributed by atoms with Gasteiger partial charge in [-0.1, -0.05) is 12.1 Å². The van der Waals surface area contributed by atoms with Crippen LogP contribution in [0.25, 0.3) is 0 Å². The molecular weight excluding hydrogens is 396 g/mol. The van der Waals surface area contributed by atoms with E-state index in [1.165, 1.54) is 67.3 Å². The molecule has 0 radical (unpaired) electrons. The number of benzene rings is 2. The highest BCUT2D eigenvalue weighted by atomic mass is 32.2. The number of carbonyl (C=O) groups excluding carboxylic acids is 3. The fourth-order valence-corrected chi connectivity index (χ4v) is 3.46. The Morgan fingerprint density at radius 2 is 1.45 bits per heavy atom. The molecule has 1 atom stereocenters. The second-order valence-electron chi connectivity index (χ2n) is 6.54. The summed E-state index contributed by atoms with van der Waals surface area (Å²) >= 11 is 0. The fraction of sp³-hybridized carbons (Fsp3) is 0.250. The lowest BCUT2D eigenvalue weighted by Crippen LogP contribution is -2.34. The highest BCUT2D eigenvalue weighted by Gasteiger charge is 2.20. The number of nitrogens with zero attached hydrogens (tertiary/aromatic N) is 1. The van der Waals surface area contributed by atoms with Gasteiger partial charge in [-0.25, -0.2) is 13.2 Å². The molecule has 2 aromatic rings. The van der Waals surface area contributed by atoms with Crippen LogP contribution in [0.5, 0.6) is 0 Å². The molecule has 1 N–H and O–H groups in total. The Labute approximate surface area is 169 Å². The van der Waals surface area contributed by atoms with E-state index in [-0.39, 0.29) is 27.8 Å². The van der Waals surface area contributed by atoms with E-state index < -0.39 is 22.1 Å². The maximum atomic E-state index is 12.5. The lowest BCUT2D eigenvalue weighted by molar-refractivity contribution is -0.137. The molecule has 1 amide bonds. The summed E-state index contributed by atoms with van der Waals surface area (Å²) in [5, 5.41) is 0. The number of esters is 1. The topological polar surface area (TPSA) is 110 Å². The number of Topliss-reactive ketones (excluding diaryl/α,β-unsaturated/α-hetero) is 1. The molecule has 0 aromatic heterocycles. The average molecular weight is 418 g/mol. The van der Waals surface area contributed by atoms with Gasteiger partial charge in [0.05, 0.1) is 10.5 Å². The molecule has 2 aromatic carbocycles. The van der Waals surface area contributed by atoms with E-state index in [2.05, 4.69) is 4.72 Å². The molecule has 0 aliphatic carbocycles. The first-order chi connectivity index (χ1) is 13.5. The Hall–Kier alpha value is -3.20. The van der Waals surface area contributed by atoms with Crippen LogP contribution in [0.4, 0.5) is 5.69 Å². The third-order valence-electron chi connectivity index (χ3n) is 4.02. The number of hydrogen-bond donors (Lipinski definition) is 1.